The van der Waals surface area contributed by atoms with Gasteiger partial charge in [-0.05, 0) is 36.9 Å². The van der Waals surface area contributed by atoms with Crippen LogP contribution in [0.2, 0.25) is 0 Å². The van der Waals surface area contributed by atoms with E-state index >= 15 is 0 Å². The molecule has 6 heteroatoms. The number of anilines is 1. The van der Waals surface area contributed by atoms with E-state index in [1.54, 1.807) is 19.4 Å². The summed E-state index contributed by atoms with van der Waals surface area (Å²) in [5, 5.41) is 6.42. The molecule has 1 amide bonds. The molecule has 0 saturated carbocycles. The molecule has 1 aromatic carbocycles. The molecule has 2 atom stereocenters. The number of methoxy groups -OCH3 is 1. The third-order valence-corrected chi connectivity index (χ3v) is 4.85. The Morgan fingerprint density at radius 3 is 3.00 bits per heavy atom. The lowest BCUT2D eigenvalue weighted by Gasteiger charge is -2.22. The molecule has 1 saturated heterocycles. The zero-order chi connectivity index (χ0) is 17.8. The number of hydrogen-bond acceptors (Lipinski definition) is 5. The van der Waals surface area contributed by atoms with Crippen molar-refractivity contribution in [3.8, 4) is 17.1 Å². The average Bonchev–Trinajstić information content (AvgIpc) is 3.26. The number of amides is 1. The van der Waals surface area contributed by atoms with Gasteiger partial charge in [0, 0.05) is 24.2 Å². The predicted octanol–water partition coefficient (Wildman–Crippen LogP) is 3.31. The topological polar surface area (TPSA) is 76.4 Å². The minimum atomic E-state index is 0.0134. The molecular formula is C19H25N3O3. The number of carbonyl (C=O) groups excluding carboxylic acids is 1. The van der Waals surface area contributed by atoms with Crippen LogP contribution in [0.5, 0.6) is 5.75 Å². The van der Waals surface area contributed by atoms with Crippen molar-refractivity contribution in [2.45, 2.75) is 32.7 Å². The standard InChI is InChI=1S/C19H25N3O3/c1-12(2)14-6-7-21-16(14)9-19(23)22-13-4-5-15(17(8-13)24-3)18-10-20-11-25-18/h4-5,8,10-12,14,16,21H,6-7,9H2,1-3H3,(H,22,23)/t14-,16-/m1/s1. The first-order valence-corrected chi connectivity index (χ1v) is 8.68. The van der Waals surface area contributed by atoms with Gasteiger partial charge in [-0.25, -0.2) is 4.98 Å². The van der Waals surface area contributed by atoms with Crippen LogP contribution < -0.4 is 15.4 Å². The Bertz CT molecular complexity index is 713. The summed E-state index contributed by atoms with van der Waals surface area (Å²) in [6.45, 7) is 5.42. The zero-order valence-corrected chi connectivity index (χ0v) is 14.9. The largest absolute Gasteiger partial charge is 0.496 e. The maximum Gasteiger partial charge on any atom is 0.225 e. The van der Waals surface area contributed by atoms with Crippen molar-refractivity contribution in [2.75, 3.05) is 19.0 Å². The van der Waals surface area contributed by atoms with Gasteiger partial charge < -0.3 is 19.8 Å². The highest BCUT2D eigenvalue weighted by molar-refractivity contribution is 5.92. The van der Waals surface area contributed by atoms with Gasteiger partial charge in [-0.15, -0.1) is 0 Å². The van der Waals surface area contributed by atoms with Crippen molar-refractivity contribution in [1.82, 2.24) is 10.3 Å². The van der Waals surface area contributed by atoms with E-state index in [-0.39, 0.29) is 11.9 Å². The van der Waals surface area contributed by atoms with Crippen molar-refractivity contribution in [3.05, 3.63) is 30.8 Å². The number of nitrogens with zero attached hydrogens (tertiary/aromatic N) is 1. The molecule has 1 aliphatic heterocycles. The molecule has 2 aromatic rings. The molecule has 0 unspecified atom stereocenters. The Hall–Kier alpha value is -2.34. The van der Waals surface area contributed by atoms with Crippen LogP contribution in [0.1, 0.15) is 26.7 Å². The molecule has 134 valence electrons. The maximum atomic E-state index is 12.4. The fraction of sp³-hybridized carbons (Fsp3) is 0.474. The molecule has 1 fully saturated rings. The molecule has 0 aliphatic carbocycles. The summed E-state index contributed by atoms with van der Waals surface area (Å²) in [6.07, 6.45) is 4.63. The van der Waals surface area contributed by atoms with Gasteiger partial charge in [0.1, 0.15) is 5.75 Å². The third kappa shape index (κ3) is 4.02. The number of ether oxygens (including phenoxy) is 1. The van der Waals surface area contributed by atoms with E-state index in [1.165, 1.54) is 6.39 Å². The second-order valence-electron chi connectivity index (χ2n) is 6.79. The Morgan fingerprint density at radius 1 is 1.48 bits per heavy atom. The molecule has 3 rings (SSSR count). The van der Waals surface area contributed by atoms with Crippen molar-refractivity contribution in [2.24, 2.45) is 11.8 Å². The molecule has 0 radical (unpaired) electrons. The van der Waals surface area contributed by atoms with E-state index in [0.29, 0.717) is 35.5 Å². The summed E-state index contributed by atoms with van der Waals surface area (Å²) in [6, 6.07) is 5.76. The van der Waals surface area contributed by atoms with Gasteiger partial charge in [-0.3, -0.25) is 4.79 Å². The minimum absolute atomic E-state index is 0.0134. The average molecular weight is 343 g/mol. The van der Waals surface area contributed by atoms with E-state index in [0.717, 1.165) is 18.5 Å². The van der Waals surface area contributed by atoms with Crippen molar-refractivity contribution in [3.63, 3.8) is 0 Å². The van der Waals surface area contributed by atoms with Crippen LogP contribution in [0.15, 0.2) is 35.2 Å². The highest BCUT2D eigenvalue weighted by Gasteiger charge is 2.30. The summed E-state index contributed by atoms with van der Waals surface area (Å²) < 4.78 is 10.7. The number of carbonyl (C=O) groups is 1. The summed E-state index contributed by atoms with van der Waals surface area (Å²) in [4.78, 5) is 16.4. The van der Waals surface area contributed by atoms with Crippen molar-refractivity contribution < 1.29 is 13.9 Å². The number of nitrogens with one attached hydrogen (secondary N) is 2. The Balaban J connectivity index is 1.67. The lowest BCUT2D eigenvalue weighted by molar-refractivity contribution is -0.116. The summed E-state index contributed by atoms with van der Waals surface area (Å²) in [5.74, 6) is 2.40. The number of hydrogen-bond donors (Lipinski definition) is 2. The Labute approximate surface area is 148 Å². The van der Waals surface area contributed by atoms with Gasteiger partial charge in [-0.2, -0.15) is 0 Å². The second-order valence-corrected chi connectivity index (χ2v) is 6.79. The summed E-state index contributed by atoms with van der Waals surface area (Å²) in [5.41, 5.74) is 1.51. The number of oxazole rings is 1. The lowest BCUT2D eigenvalue weighted by atomic mass is 9.87. The van der Waals surface area contributed by atoms with E-state index in [1.807, 2.05) is 12.1 Å². The van der Waals surface area contributed by atoms with Crippen LogP contribution >= 0.6 is 0 Å². The maximum absolute atomic E-state index is 12.4. The van der Waals surface area contributed by atoms with E-state index in [9.17, 15) is 4.79 Å². The molecule has 6 nitrogen and oxygen atoms in total. The normalized spacial score (nSPS) is 20.0. The van der Waals surface area contributed by atoms with Crippen molar-refractivity contribution >= 4 is 11.6 Å². The number of rotatable bonds is 6. The van der Waals surface area contributed by atoms with Crippen LogP contribution in [0, 0.1) is 11.8 Å². The van der Waals surface area contributed by atoms with Gasteiger partial charge in [0.05, 0.1) is 18.9 Å². The first kappa shape index (κ1) is 17.5. The van der Waals surface area contributed by atoms with Crippen LogP contribution in [0.3, 0.4) is 0 Å². The third-order valence-electron chi connectivity index (χ3n) is 4.85. The molecule has 1 aromatic heterocycles. The van der Waals surface area contributed by atoms with Gasteiger partial charge in [0.25, 0.3) is 0 Å². The molecule has 0 bridgehead atoms. The quantitative estimate of drug-likeness (QED) is 0.841. The molecule has 1 aliphatic rings. The number of benzene rings is 1. The van der Waals surface area contributed by atoms with Gasteiger partial charge in [0.2, 0.25) is 5.91 Å². The summed E-state index contributed by atoms with van der Waals surface area (Å²) in [7, 11) is 1.59. The lowest BCUT2D eigenvalue weighted by Crippen LogP contribution is -2.33. The monoisotopic (exact) mass is 343 g/mol. The highest BCUT2D eigenvalue weighted by Crippen LogP contribution is 2.32. The number of aromatic nitrogens is 1. The fourth-order valence-electron chi connectivity index (χ4n) is 3.54. The van der Waals surface area contributed by atoms with Crippen LogP contribution in [-0.2, 0) is 4.79 Å². The van der Waals surface area contributed by atoms with Crippen molar-refractivity contribution in [1.29, 1.82) is 0 Å². The minimum Gasteiger partial charge on any atom is -0.496 e. The van der Waals surface area contributed by atoms with E-state index < -0.39 is 0 Å². The second kappa shape index (κ2) is 7.70. The molecule has 0 spiro atoms. The van der Waals surface area contributed by atoms with Crippen LogP contribution in [0.25, 0.3) is 11.3 Å². The van der Waals surface area contributed by atoms with Crippen LogP contribution in [0.4, 0.5) is 5.69 Å². The Kier molecular flexibility index (Phi) is 5.38. The molecule has 2 N–H and O–H groups in total. The van der Waals surface area contributed by atoms with E-state index in [4.69, 9.17) is 9.15 Å². The zero-order valence-electron chi connectivity index (χ0n) is 14.9. The first-order chi connectivity index (χ1) is 12.1. The molecule has 2 heterocycles. The van der Waals surface area contributed by atoms with Crippen LogP contribution in [-0.4, -0.2) is 30.6 Å². The smallest absolute Gasteiger partial charge is 0.225 e. The van der Waals surface area contributed by atoms with Gasteiger partial charge in [0.15, 0.2) is 12.2 Å². The molecule has 25 heavy (non-hydrogen) atoms. The van der Waals surface area contributed by atoms with E-state index in [2.05, 4.69) is 29.5 Å². The predicted molar refractivity (Wildman–Crippen MR) is 96.5 cm³/mol. The van der Waals surface area contributed by atoms with Gasteiger partial charge in [-0.1, -0.05) is 13.8 Å². The fourth-order valence-corrected chi connectivity index (χ4v) is 3.54. The Morgan fingerprint density at radius 2 is 2.32 bits per heavy atom. The molecular weight excluding hydrogens is 318 g/mol. The summed E-state index contributed by atoms with van der Waals surface area (Å²) >= 11 is 0. The highest BCUT2D eigenvalue weighted by atomic mass is 16.5. The SMILES string of the molecule is COc1cc(NC(=O)C[C@H]2NCC[C@@H]2C(C)C)ccc1-c1cnco1. The van der Waals surface area contributed by atoms with Gasteiger partial charge >= 0.3 is 0 Å². The first-order valence-electron chi connectivity index (χ1n) is 8.68.